The topological polar surface area (TPSA) is 71.4 Å². The number of aryl methyl sites for hydroxylation is 2. The van der Waals surface area contributed by atoms with Crippen molar-refractivity contribution in [2.24, 2.45) is 5.92 Å². The molecule has 24 heavy (non-hydrogen) atoms. The number of aromatic carboxylic acids is 1. The molecule has 0 aliphatic heterocycles. The maximum Gasteiger partial charge on any atom is 0.336 e. The van der Waals surface area contributed by atoms with E-state index in [1.165, 1.54) is 6.08 Å². The lowest BCUT2D eigenvalue weighted by Gasteiger charge is -2.20. The molecule has 0 fully saturated rings. The summed E-state index contributed by atoms with van der Waals surface area (Å²) >= 11 is 0. The first-order valence-corrected chi connectivity index (χ1v) is 7.84. The number of benzene rings is 2. The predicted molar refractivity (Wildman–Crippen MR) is 92.0 cm³/mol. The fourth-order valence-corrected chi connectivity index (χ4v) is 3.46. The fourth-order valence-electron chi connectivity index (χ4n) is 3.46. The number of carbonyl (C=O) groups is 3. The van der Waals surface area contributed by atoms with Gasteiger partial charge in [0.25, 0.3) is 0 Å². The molecule has 1 aliphatic rings. The average molecular weight is 322 g/mol. The van der Waals surface area contributed by atoms with Gasteiger partial charge in [-0.05, 0) is 59.9 Å². The Morgan fingerprint density at radius 3 is 2.33 bits per heavy atom. The van der Waals surface area contributed by atoms with Gasteiger partial charge in [-0.15, -0.1) is 0 Å². The molecule has 0 unspecified atom stereocenters. The van der Waals surface area contributed by atoms with E-state index in [-0.39, 0.29) is 23.0 Å². The highest BCUT2D eigenvalue weighted by molar-refractivity contribution is 6.29. The van der Waals surface area contributed by atoms with E-state index >= 15 is 0 Å². The summed E-state index contributed by atoms with van der Waals surface area (Å²) in [6, 6.07) is 5.08. The minimum Gasteiger partial charge on any atom is -0.478 e. The second-order valence-electron chi connectivity index (χ2n) is 6.53. The molecular weight excluding hydrogens is 304 g/mol. The van der Waals surface area contributed by atoms with E-state index in [0.717, 1.165) is 0 Å². The molecule has 3 rings (SSSR count). The number of carboxylic acid groups (broad SMARTS) is 1. The molecule has 0 aromatic heterocycles. The van der Waals surface area contributed by atoms with Crippen molar-refractivity contribution in [1.82, 2.24) is 0 Å². The van der Waals surface area contributed by atoms with Crippen LogP contribution >= 0.6 is 0 Å². The first-order valence-electron chi connectivity index (χ1n) is 7.84. The van der Waals surface area contributed by atoms with Gasteiger partial charge >= 0.3 is 5.97 Å². The van der Waals surface area contributed by atoms with Crippen LogP contribution in [0.4, 0.5) is 0 Å². The normalized spacial score (nSPS) is 14.1. The second-order valence-corrected chi connectivity index (χ2v) is 6.53. The number of hydrogen-bond acceptors (Lipinski definition) is 3. The Labute approximate surface area is 139 Å². The van der Waals surface area contributed by atoms with E-state index in [9.17, 15) is 19.5 Å². The van der Waals surface area contributed by atoms with Crippen molar-refractivity contribution < 1.29 is 19.5 Å². The molecule has 1 aliphatic carbocycles. The average Bonchev–Trinajstić information content (AvgIpc) is 2.49. The number of fused-ring (bicyclic) bond motifs is 3. The highest BCUT2D eigenvalue weighted by Gasteiger charge is 2.29. The number of ketones is 2. The van der Waals surface area contributed by atoms with Gasteiger partial charge in [-0.3, -0.25) is 9.59 Å². The number of rotatable bonds is 2. The number of carbonyl (C=O) groups excluding carboxylic acids is 2. The Morgan fingerprint density at radius 2 is 1.75 bits per heavy atom. The Kier molecular flexibility index (Phi) is 3.63. The van der Waals surface area contributed by atoms with Gasteiger partial charge < -0.3 is 5.11 Å². The summed E-state index contributed by atoms with van der Waals surface area (Å²) in [6.45, 7) is 7.21. The molecule has 1 N–H and O–H groups in total. The van der Waals surface area contributed by atoms with Gasteiger partial charge in [-0.25, -0.2) is 4.79 Å². The number of hydrogen-bond donors (Lipinski definition) is 1. The molecule has 4 heteroatoms. The number of carboxylic acids is 1. The van der Waals surface area contributed by atoms with Crippen LogP contribution in [0.3, 0.4) is 0 Å². The highest BCUT2D eigenvalue weighted by atomic mass is 16.4. The van der Waals surface area contributed by atoms with Crippen LogP contribution < -0.4 is 0 Å². The lowest BCUT2D eigenvalue weighted by molar-refractivity contribution is 0.0695. The van der Waals surface area contributed by atoms with E-state index in [0.29, 0.717) is 38.6 Å². The Hall–Kier alpha value is -2.75. The van der Waals surface area contributed by atoms with Crippen molar-refractivity contribution in [3.8, 4) is 0 Å². The summed E-state index contributed by atoms with van der Waals surface area (Å²) < 4.78 is 0. The summed E-state index contributed by atoms with van der Waals surface area (Å²) in [7, 11) is 0. The zero-order valence-corrected chi connectivity index (χ0v) is 14.1. The molecule has 0 saturated carbocycles. The summed E-state index contributed by atoms with van der Waals surface area (Å²) in [5, 5.41) is 10.7. The zero-order chi connectivity index (χ0) is 17.8. The molecule has 0 radical (unpaired) electrons. The third kappa shape index (κ3) is 2.18. The van der Waals surface area contributed by atoms with Crippen LogP contribution in [0.1, 0.15) is 56.0 Å². The molecule has 0 atom stereocenters. The number of Topliss-reactive ketones (excluding diaryl/α,β-unsaturated/α-hetero) is 1. The van der Waals surface area contributed by atoms with Crippen LogP contribution in [0.5, 0.6) is 0 Å². The van der Waals surface area contributed by atoms with Gasteiger partial charge in [-0.1, -0.05) is 19.9 Å². The van der Waals surface area contributed by atoms with Gasteiger partial charge in [0.2, 0.25) is 0 Å². The third-order valence-corrected chi connectivity index (χ3v) is 4.66. The SMILES string of the molecule is Cc1cc2c3c(ccc2c(C)c1C(=O)O)C(=O)C(C(C)C)=CC3=O. The summed E-state index contributed by atoms with van der Waals surface area (Å²) in [5.41, 5.74) is 2.74. The summed E-state index contributed by atoms with van der Waals surface area (Å²) in [4.78, 5) is 36.8. The molecule has 0 heterocycles. The van der Waals surface area contributed by atoms with Crippen LogP contribution in [0.2, 0.25) is 0 Å². The molecule has 0 amide bonds. The summed E-state index contributed by atoms with van der Waals surface area (Å²) in [6.07, 6.45) is 1.42. The van der Waals surface area contributed by atoms with Crippen molar-refractivity contribution >= 4 is 28.3 Å². The summed E-state index contributed by atoms with van der Waals surface area (Å²) in [5.74, 6) is -1.34. The molecule has 0 saturated heterocycles. The van der Waals surface area contributed by atoms with Gasteiger partial charge in [-0.2, -0.15) is 0 Å². The van der Waals surface area contributed by atoms with Crippen LogP contribution in [-0.2, 0) is 0 Å². The lowest BCUT2D eigenvalue weighted by Crippen LogP contribution is -2.20. The quantitative estimate of drug-likeness (QED) is 0.903. The predicted octanol–water partition coefficient (Wildman–Crippen LogP) is 4.12. The standard InChI is InChI=1S/C20H18O4/c1-9(2)14-8-16(21)18-13(19(14)22)6-5-12-11(4)17(20(23)24)10(3)7-15(12)18/h5-9H,1-4H3,(H,23,24). The van der Waals surface area contributed by atoms with E-state index < -0.39 is 5.97 Å². The van der Waals surface area contributed by atoms with Gasteiger partial charge in [0, 0.05) is 16.7 Å². The highest BCUT2D eigenvalue weighted by Crippen LogP contribution is 2.34. The molecule has 4 nitrogen and oxygen atoms in total. The molecular formula is C20H18O4. The fraction of sp³-hybridized carbons (Fsp3) is 0.250. The minimum absolute atomic E-state index is 0.0249. The van der Waals surface area contributed by atoms with E-state index in [2.05, 4.69) is 0 Å². The Balaban J connectivity index is 2.39. The molecule has 2 aromatic carbocycles. The monoisotopic (exact) mass is 322 g/mol. The van der Waals surface area contributed by atoms with Crippen LogP contribution in [0, 0.1) is 19.8 Å². The molecule has 122 valence electrons. The van der Waals surface area contributed by atoms with E-state index in [4.69, 9.17) is 0 Å². The Morgan fingerprint density at radius 1 is 1.08 bits per heavy atom. The third-order valence-electron chi connectivity index (χ3n) is 4.66. The van der Waals surface area contributed by atoms with Crippen molar-refractivity contribution in [1.29, 1.82) is 0 Å². The largest absolute Gasteiger partial charge is 0.478 e. The van der Waals surface area contributed by atoms with Crippen LogP contribution in [-0.4, -0.2) is 22.6 Å². The maximum absolute atomic E-state index is 12.7. The maximum atomic E-state index is 12.7. The van der Waals surface area contributed by atoms with Crippen molar-refractivity contribution in [2.75, 3.05) is 0 Å². The van der Waals surface area contributed by atoms with Crippen molar-refractivity contribution in [3.05, 3.63) is 57.7 Å². The first kappa shape index (κ1) is 16.1. The zero-order valence-electron chi connectivity index (χ0n) is 14.1. The lowest BCUT2D eigenvalue weighted by atomic mass is 9.81. The van der Waals surface area contributed by atoms with Crippen molar-refractivity contribution in [3.63, 3.8) is 0 Å². The molecule has 2 aromatic rings. The van der Waals surface area contributed by atoms with Gasteiger partial charge in [0.15, 0.2) is 11.6 Å². The first-order chi connectivity index (χ1) is 11.2. The van der Waals surface area contributed by atoms with Crippen molar-refractivity contribution in [2.45, 2.75) is 27.7 Å². The Bertz CT molecular complexity index is 961. The van der Waals surface area contributed by atoms with E-state index in [1.807, 2.05) is 13.8 Å². The second kappa shape index (κ2) is 5.41. The smallest absolute Gasteiger partial charge is 0.336 e. The van der Waals surface area contributed by atoms with Gasteiger partial charge in [0.1, 0.15) is 0 Å². The number of allylic oxidation sites excluding steroid dienone is 2. The molecule has 0 bridgehead atoms. The molecule has 0 spiro atoms. The van der Waals surface area contributed by atoms with Gasteiger partial charge in [0.05, 0.1) is 5.56 Å². The van der Waals surface area contributed by atoms with E-state index in [1.54, 1.807) is 32.0 Å². The van der Waals surface area contributed by atoms with Crippen LogP contribution in [0.25, 0.3) is 10.8 Å². The minimum atomic E-state index is -0.992. The van der Waals surface area contributed by atoms with Crippen LogP contribution in [0.15, 0.2) is 29.8 Å².